The summed E-state index contributed by atoms with van der Waals surface area (Å²) in [6.45, 7) is 0. The zero-order valence-electron chi connectivity index (χ0n) is 13.3. The maximum Gasteiger partial charge on any atom is 0.243 e. The van der Waals surface area contributed by atoms with Crippen LogP contribution in [0.3, 0.4) is 0 Å². The Morgan fingerprint density at radius 2 is 1.88 bits per heavy atom. The Morgan fingerprint density at radius 3 is 2.58 bits per heavy atom. The van der Waals surface area contributed by atoms with Crippen molar-refractivity contribution >= 4 is 23.2 Å². The summed E-state index contributed by atoms with van der Waals surface area (Å²) in [7, 11) is 0. The SMILES string of the molecule is N#CC1=C(N)Oc2nc(-c3ccccc3)[nH]c2[C@@H]1c1ccc(Cl)c(Cl)c1. The summed E-state index contributed by atoms with van der Waals surface area (Å²) < 4.78 is 5.58. The number of nitriles is 1. The number of hydrogen-bond donors (Lipinski definition) is 2. The van der Waals surface area contributed by atoms with Gasteiger partial charge in [0.1, 0.15) is 17.5 Å². The molecule has 0 fully saturated rings. The number of rotatable bonds is 2. The number of halogens is 2. The number of hydrogen-bond acceptors (Lipinski definition) is 4. The molecule has 128 valence electrons. The number of aromatic nitrogens is 2. The molecule has 3 N–H and O–H groups in total. The van der Waals surface area contributed by atoms with E-state index >= 15 is 0 Å². The second-order valence-corrected chi connectivity index (χ2v) is 6.58. The Hall–Kier alpha value is -2.94. The van der Waals surface area contributed by atoms with E-state index in [1.54, 1.807) is 12.1 Å². The Bertz CT molecular complexity index is 1070. The zero-order valence-corrected chi connectivity index (χ0v) is 14.8. The highest BCUT2D eigenvalue weighted by atomic mass is 35.5. The summed E-state index contributed by atoms with van der Waals surface area (Å²) in [6.07, 6.45) is 0. The van der Waals surface area contributed by atoms with Crippen molar-refractivity contribution in [1.29, 1.82) is 5.26 Å². The predicted molar refractivity (Wildman–Crippen MR) is 99.8 cm³/mol. The van der Waals surface area contributed by atoms with Crippen molar-refractivity contribution in [3.8, 4) is 23.3 Å². The van der Waals surface area contributed by atoms with Crippen LogP contribution >= 0.6 is 23.2 Å². The van der Waals surface area contributed by atoms with E-state index in [-0.39, 0.29) is 5.88 Å². The van der Waals surface area contributed by atoms with Crippen LogP contribution in [-0.2, 0) is 0 Å². The minimum atomic E-state index is -0.469. The fourth-order valence-electron chi connectivity index (χ4n) is 2.97. The van der Waals surface area contributed by atoms with Crippen LogP contribution in [0.15, 0.2) is 60.0 Å². The molecule has 3 aromatic rings. The second-order valence-electron chi connectivity index (χ2n) is 5.77. The van der Waals surface area contributed by atoms with E-state index in [0.717, 1.165) is 11.1 Å². The van der Waals surface area contributed by atoms with E-state index in [9.17, 15) is 5.26 Å². The molecule has 4 rings (SSSR count). The van der Waals surface area contributed by atoms with Crippen LogP contribution in [-0.4, -0.2) is 9.97 Å². The van der Waals surface area contributed by atoms with Crippen molar-refractivity contribution in [2.75, 3.05) is 0 Å². The van der Waals surface area contributed by atoms with Gasteiger partial charge in [-0.25, -0.2) is 0 Å². The number of aromatic amines is 1. The summed E-state index contributed by atoms with van der Waals surface area (Å²) in [5.41, 5.74) is 8.58. The average Bonchev–Trinajstić information content (AvgIpc) is 3.07. The first-order chi connectivity index (χ1) is 12.6. The topological polar surface area (TPSA) is 87.7 Å². The third-order valence-corrected chi connectivity index (χ3v) is 4.93. The molecule has 26 heavy (non-hydrogen) atoms. The number of H-pyrrole nitrogens is 1. The van der Waals surface area contributed by atoms with E-state index in [1.165, 1.54) is 0 Å². The lowest BCUT2D eigenvalue weighted by atomic mass is 9.88. The standard InChI is InChI=1S/C19H12Cl2N4O/c20-13-7-6-11(8-14(13)21)15-12(9-22)17(23)26-19-16(15)24-18(25-19)10-4-2-1-3-5-10/h1-8,15H,23H2,(H,24,25)/t15-/m1/s1. The van der Waals surface area contributed by atoms with E-state index in [2.05, 4.69) is 16.0 Å². The van der Waals surface area contributed by atoms with Gasteiger partial charge < -0.3 is 15.5 Å². The lowest BCUT2D eigenvalue weighted by molar-refractivity contribution is 0.380. The second kappa shape index (κ2) is 6.41. The molecule has 1 aliphatic heterocycles. The highest BCUT2D eigenvalue weighted by Crippen LogP contribution is 2.42. The molecule has 0 aliphatic carbocycles. The van der Waals surface area contributed by atoms with Gasteiger partial charge in [-0.15, -0.1) is 0 Å². The van der Waals surface area contributed by atoms with E-state index in [1.807, 2.05) is 36.4 Å². The number of nitrogens with zero attached hydrogens (tertiary/aromatic N) is 2. The number of ether oxygens (including phenoxy) is 1. The van der Waals surface area contributed by atoms with Gasteiger partial charge in [0.25, 0.3) is 0 Å². The molecular weight excluding hydrogens is 371 g/mol. The van der Waals surface area contributed by atoms with Gasteiger partial charge in [-0.05, 0) is 17.7 Å². The number of imidazole rings is 1. The Morgan fingerprint density at radius 1 is 1.12 bits per heavy atom. The Balaban J connectivity index is 1.89. The zero-order chi connectivity index (χ0) is 18.3. The minimum Gasteiger partial charge on any atom is -0.420 e. The normalized spacial score (nSPS) is 16.0. The number of nitrogens with one attached hydrogen (secondary N) is 1. The smallest absolute Gasteiger partial charge is 0.243 e. The molecule has 0 spiro atoms. The molecule has 1 aromatic heterocycles. The summed E-state index contributed by atoms with van der Waals surface area (Å²) in [6, 6.07) is 17.0. The van der Waals surface area contributed by atoms with Crippen LogP contribution in [0.5, 0.6) is 5.88 Å². The van der Waals surface area contributed by atoms with Gasteiger partial charge in [-0.1, -0.05) is 59.6 Å². The first-order valence-corrected chi connectivity index (χ1v) is 8.52. The van der Waals surface area contributed by atoms with Crippen molar-refractivity contribution < 1.29 is 4.74 Å². The first kappa shape index (κ1) is 16.5. The van der Waals surface area contributed by atoms with Crippen LogP contribution in [0.2, 0.25) is 10.0 Å². The summed E-state index contributed by atoms with van der Waals surface area (Å²) in [4.78, 5) is 7.76. The van der Waals surface area contributed by atoms with Crippen molar-refractivity contribution in [3.05, 3.63) is 81.3 Å². The van der Waals surface area contributed by atoms with Crippen molar-refractivity contribution in [2.45, 2.75) is 5.92 Å². The van der Waals surface area contributed by atoms with Crippen molar-refractivity contribution in [1.82, 2.24) is 9.97 Å². The quantitative estimate of drug-likeness (QED) is 0.677. The van der Waals surface area contributed by atoms with Crippen LogP contribution < -0.4 is 10.5 Å². The third-order valence-electron chi connectivity index (χ3n) is 4.19. The van der Waals surface area contributed by atoms with Gasteiger partial charge in [0.15, 0.2) is 0 Å². The minimum absolute atomic E-state index is 0.0298. The lowest BCUT2D eigenvalue weighted by Crippen LogP contribution is -2.21. The van der Waals surface area contributed by atoms with Gasteiger partial charge in [0.2, 0.25) is 11.8 Å². The van der Waals surface area contributed by atoms with Crippen LogP contribution in [0.4, 0.5) is 0 Å². The van der Waals surface area contributed by atoms with Gasteiger partial charge in [0.05, 0.1) is 21.7 Å². The molecule has 0 saturated carbocycles. The van der Waals surface area contributed by atoms with E-state index in [4.69, 9.17) is 33.7 Å². The average molecular weight is 383 g/mol. The molecule has 1 aliphatic rings. The largest absolute Gasteiger partial charge is 0.420 e. The molecule has 0 radical (unpaired) electrons. The summed E-state index contributed by atoms with van der Waals surface area (Å²) >= 11 is 12.2. The number of allylic oxidation sites excluding steroid dienone is 1. The molecule has 0 saturated heterocycles. The van der Waals surface area contributed by atoms with Gasteiger partial charge in [0, 0.05) is 5.56 Å². The molecule has 7 heteroatoms. The maximum atomic E-state index is 9.61. The molecule has 1 atom stereocenters. The molecule has 5 nitrogen and oxygen atoms in total. The predicted octanol–water partition coefficient (Wildman–Crippen LogP) is 4.60. The molecule has 2 heterocycles. The number of nitrogens with two attached hydrogens (primary N) is 1. The van der Waals surface area contributed by atoms with Crippen molar-refractivity contribution in [2.24, 2.45) is 5.73 Å². The monoisotopic (exact) mass is 382 g/mol. The maximum absolute atomic E-state index is 9.61. The highest BCUT2D eigenvalue weighted by molar-refractivity contribution is 6.42. The Labute approximate surface area is 159 Å². The molecule has 0 amide bonds. The fraction of sp³-hybridized carbons (Fsp3) is 0.0526. The van der Waals surface area contributed by atoms with Crippen LogP contribution in [0.25, 0.3) is 11.4 Å². The van der Waals surface area contributed by atoms with Crippen molar-refractivity contribution in [3.63, 3.8) is 0 Å². The van der Waals surface area contributed by atoms with Crippen LogP contribution in [0, 0.1) is 11.3 Å². The lowest BCUT2D eigenvalue weighted by Gasteiger charge is -2.22. The number of fused-ring (bicyclic) bond motifs is 1. The third kappa shape index (κ3) is 2.70. The first-order valence-electron chi connectivity index (χ1n) is 7.76. The highest BCUT2D eigenvalue weighted by Gasteiger charge is 2.34. The van der Waals surface area contributed by atoms with Gasteiger partial charge >= 0.3 is 0 Å². The number of benzene rings is 2. The molecule has 0 bridgehead atoms. The summed E-state index contributed by atoms with van der Waals surface area (Å²) in [5, 5.41) is 10.4. The van der Waals surface area contributed by atoms with Gasteiger partial charge in [-0.3, -0.25) is 0 Å². The Kier molecular flexibility index (Phi) is 4.08. The molecule has 2 aromatic carbocycles. The molecular formula is C19H12Cl2N4O. The van der Waals surface area contributed by atoms with E-state index < -0.39 is 5.92 Å². The molecule has 0 unspecified atom stereocenters. The van der Waals surface area contributed by atoms with Gasteiger partial charge in [-0.2, -0.15) is 10.2 Å². The van der Waals surface area contributed by atoms with E-state index in [0.29, 0.717) is 33.0 Å². The van der Waals surface area contributed by atoms with Crippen LogP contribution in [0.1, 0.15) is 17.2 Å². The summed E-state index contributed by atoms with van der Waals surface area (Å²) in [5.74, 6) is 0.537. The fourth-order valence-corrected chi connectivity index (χ4v) is 3.27.